The first-order valence-corrected chi connectivity index (χ1v) is 11.7. The number of nitrogens with zero attached hydrogens (tertiary/aromatic N) is 2. The van der Waals surface area contributed by atoms with E-state index in [1.54, 1.807) is 24.3 Å². The van der Waals surface area contributed by atoms with Crippen LogP contribution in [0.15, 0.2) is 89.2 Å². The third-order valence-electron chi connectivity index (χ3n) is 5.78. The molecule has 2 aliphatic heterocycles. The third-order valence-corrected chi connectivity index (χ3v) is 7.66. The molecular weight excluding hydrogens is 460 g/mol. The molecule has 3 aromatic rings. The smallest absolute Gasteiger partial charge is 0.265 e. The Kier molecular flexibility index (Phi) is 5.10. The van der Waals surface area contributed by atoms with E-state index in [0.717, 1.165) is 0 Å². The van der Waals surface area contributed by atoms with Crippen LogP contribution in [-0.4, -0.2) is 8.42 Å². The van der Waals surface area contributed by atoms with Crippen LogP contribution < -0.4 is 10.0 Å². The van der Waals surface area contributed by atoms with E-state index >= 15 is 0 Å². The van der Waals surface area contributed by atoms with Gasteiger partial charge in [-0.1, -0.05) is 36.4 Å². The van der Waals surface area contributed by atoms with E-state index in [4.69, 9.17) is 10.5 Å². The molecule has 1 atom stereocenters. The quantitative estimate of drug-likeness (QED) is 0.600. The Morgan fingerprint density at radius 1 is 1.00 bits per heavy atom. The largest absolute Gasteiger partial charge is 0.439 e. The van der Waals surface area contributed by atoms with Gasteiger partial charge in [0.2, 0.25) is 5.88 Å². The normalized spacial score (nSPS) is 18.6. The van der Waals surface area contributed by atoms with Gasteiger partial charge in [-0.3, -0.25) is 4.31 Å². The molecule has 0 spiro atoms. The summed E-state index contributed by atoms with van der Waals surface area (Å²) in [6.07, 6.45) is 0. The highest BCUT2D eigenvalue weighted by Crippen LogP contribution is 2.51. The molecule has 0 aliphatic carbocycles. The van der Waals surface area contributed by atoms with Gasteiger partial charge >= 0.3 is 0 Å². The first-order chi connectivity index (χ1) is 16.3. The first-order valence-electron chi connectivity index (χ1n) is 10.2. The first kappa shape index (κ1) is 21.7. The maximum atomic E-state index is 14.1. The SMILES string of the molecule is N#CC1=C(N)OC2=C(C1c1cccc(F)c1)S(=O)(=O)N(Cc1ccc(F)cc1)c1ccccc12. The summed E-state index contributed by atoms with van der Waals surface area (Å²) in [4.78, 5) is -0.204. The van der Waals surface area contributed by atoms with Crippen LogP contribution in [0.25, 0.3) is 5.76 Å². The van der Waals surface area contributed by atoms with Crippen LogP contribution in [0.5, 0.6) is 0 Å². The molecule has 0 aromatic heterocycles. The molecule has 2 heterocycles. The number of sulfonamides is 1. The van der Waals surface area contributed by atoms with Crippen LogP contribution in [0.2, 0.25) is 0 Å². The zero-order chi connectivity index (χ0) is 24.0. The third kappa shape index (κ3) is 3.40. The molecule has 0 bridgehead atoms. The molecule has 5 rings (SSSR count). The number of nitriles is 1. The van der Waals surface area contributed by atoms with Gasteiger partial charge in [0.15, 0.2) is 5.76 Å². The lowest BCUT2D eigenvalue weighted by atomic mass is 9.88. The summed E-state index contributed by atoms with van der Waals surface area (Å²) >= 11 is 0. The van der Waals surface area contributed by atoms with E-state index in [0.29, 0.717) is 16.8 Å². The molecule has 6 nitrogen and oxygen atoms in total. The second-order valence-electron chi connectivity index (χ2n) is 7.83. The number of halogens is 2. The number of anilines is 1. The maximum absolute atomic E-state index is 14.1. The van der Waals surface area contributed by atoms with Crippen molar-refractivity contribution in [1.29, 1.82) is 5.26 Å². The highest BCUT2D eigenvalue weighted by molar-refractivity contribution is 7.96. The highest BCUT2D eigenvalue weighted by atomic mass is 32.2. The molecule has 1 unspecified atom stereocenters. The standard InChI is InChI=1S/C25H17F2N3O3S/c26-17-10-8-15(9-11-17)14-30-21-7-2-1-6-19(21)23-24(34(30,31)32)22(20(13-28)25(29)33-23)16-4-3-5-18(27)12-16/h1-12,22H,14,29H2. The van der Waals surface area contributed by atoms with Crippen molar-refractivity contribution in [3.63, 3.8) is 0 Å². The molecule has 0 amide bonds. The molecular formula is C25H17F2N3O3S. The Morgan fingerprint density at radius 2 is 1.74 bits per heavy atom. The highest BCUT2D eigenvalue weighted by Gasteiger charge is 2.47. The lowest BCUT2D eigenvalue weighted by Gasteiger charge is -2.38. The zero-order valence-corrected chi connectivity index (χ0v) is 18.4. The van der Waals surface area contributed by atoms with Crippen molar-refractivity contribution < 1.29 is 21.9 Å². The van der Waals surface area contributed by atoms with E-state index in [2.05, 4.69) is 0 Å². The summed E-state index contributed by atoms with van der Waals surface area (Å²) < 4.78 is 62.6. The van der Waals surface area contributed by atoms with Crippen LogP contribution in [0.3, 0.4) is 0 Å². The summed E-state index contributed by atoms with van der Waals surface area (Å²) in [6, 6.07) is 19.5. The van der Waals surface area contributed by atoms with E-state index in [1.807, 2.05) is 6.07 Å². The van der Waals surface area contributed by atoms with Crippen LogP contribution in [0, 0.1) is 23.0 Å². The molecule has 170 valence electrons. The number of allylic oxidation sites excluding steroid dienone is 2. The number of benzene rings is 3. The zero-order valence-electron chi connectivity index (χ0n) is 17.6. The molecule has 34 heavy (non-hydrogen) atoms. The van der Waals surface area contributed by atoms with Crippen molar-refractivity contribution >= 4 is 21.5 Å². The van der Waals surface area contributed by atoms with Crippen LogP contribution in [0.1, 0.15) is 22.6 Å². The lowest BCUT2D eigenvalue weighted by Crippen LogP contribution is -2.39. The van der Waals surface area contributed by atoms with Gasteiger partial charge in [0, 0.05) is 5.56 Å². The number of hydrogen-bond donors (Lipinski definition) is 1. The number of rotatable bonds is 3. The summed E-state index contributed by atoms with van der Waals surface area (Å²) in [5.41, 5.74) is 7.52. The van der Waals surface area contributed by atoms with E-state index in [9.17, 15) is 22.5 Å². The molecule has 0 radical (unpaired) electrons. The summed E-state index contributed by atoms with van der Waals surface area (Å²) in [7, 11) is -4.29. The maximum Gasteiger partial charge on any atom is 0.265 e. The van der Waals surface area contributed by atoms with E-state index in [1.165, 1.54) is 52.8 Å². The van der Waals surface area contributed by atoms with Gasteiger partial charge in [-0.2, -0.15) is 5.26 Å². The predicted molar refractivity (Wildman–Crippen MR) is 122 cm³/mol. The lowest BCUT2D eigenvalue weighted by molar-refractivity contribution is 0.357. The second kappa shape index (κ2) is 8.01. The minimum absolute atomic E-state index is 0.00304. The monoisotopic (exact) mass is 477 g/mol. The van der Waals surface area contributed by atoms with Gasteiger partial charge in [-0.25, -0.2) is 17.2 Å². The molecule has 2 aliphatic rings. The fourth-order valence-electron chi connectivity index (χ4n) is 4.25. The minimum Gasteiger partial charge on any atom is -0.439 e. The van der Waals surface area contributed by atoms with Crippen LogP contribution >= 0.6 is 0 Å². The summed E-state index contributed by atoms with van der Waals surface area (Å²) in [5, 5.41) is 9.82. The van der Waals surface area contributed by atoms with Crippen molar-refractivity contribution in [3.8, 4) is 6.07 Å². The Morgan fingerprint density at radius 3 is 2.44 bits per heavy atom. The average molecular weight is 477 g/mol. The van der Waals surface area contributed by atoms with E-state index in [-0.39, 0.29) is 34.2 Å². The molecule has 0 saturated carbocycles. The Hall–Kier alpha value is -4.16. The summed E-state index contributed by atoms with van der Waals surface area (Å²) in [6.45, 7) is -0.0899. The van der Waals surface area contributed by atoms with Gasteiger partial charge in [-0.05, 0) is 47.5 Å². The second-order valence-corrected chi connectivity index (χ2v) is 9.66. The van der Waals surface area contributed by atoms with Crippen molar-refractivity contribution in [1.82, 2.24) is 0 Å². The number of fused-ring (bicyclic) bond motifs is 2. The Bertz CT molecular complexity index is 1520. The Labute approximate surface area is 194 Å². The molecule has 0 fully saturated rings. The summed E-state index contributed by atoms with van der Waals surface area (Å²) in [5.74, 6) is -2.44. The predicted octanol–water partition coefficient (Wildman–Crippen LogP) is 4.49. The van der Waals surface area contributed by atoms with Crippen LogP contribution in [0.4, 0.5) is 14.5 Å². The average Bonchev–Trinajstić information content (AvgIpc) is 2.82. The van der Waals surface area contributed by atoms with E-state index < -0.39 is 27.6 Å². The fraction of sp³-hybridized carbons (Fsp3) is 0.0800. The Balaban J connectivity index is 1.76. The minimum atomic E-state index is -4.29. The van der Waals surface area contributed by atoms with Crippen molar-refractivity contribution in [2.75, 3.05) is 4.31 Å². The number of para-hydroxylation sites is 1. The topological polar surface area (TPSA) is 96.4 Å². The van der Waals surface area contributed by atoms with Gasteiger partial charge in [0.1, 0.15) is 28.2 Å². The number of nitrogens with two attached hydrogens (primary N) is 1. The molecule has 9 heteroatoms. The van der Waals surface area contributed by atoms with Crippen molar-refractivity contribution in [3.05, 3.63) is 117 Å². The molecule has 0 saturated heterocycles. The molecule has 3 aromatic carbocycles. The van der Waals surface area contributed by atoms with Gasteiger partial charge in [0.25, 0.3) is 10.0 Å². The van der Waals surface area contributed by atoms with Gasteiger partial charge < -0.3 is 10.5 Å². The fourth-order valence-corrected chi connectivity index (χ4v) is 6.17. The number of hydrogen-bond acceptors (Lipinski definition) is 5. The van der Waals surface area contributed by atoms with Crippen LogP contribution in [-0.2, 0) is 21.3 Å². The molecule has 2 N–H and O–H groups in total. The van der Waals surface area contributed by atoms with Crippen molar-refractivity contribution in [2.24, 2.45) is 5.73 Å². The van der Waals surface area contributed by atoms with Gasteiger partial charge in [-0.15, -0.1) is 0 Å². The van der Waals surface area contributed by atoms with Crippen molar-refractivity contribution in [2.45, 2.75) is 12.5 Å². The number of ether oxygens (including phenoxy) is 1. The van der Waals surface area contributed by atoms with Gasteiger partial charge in [0.05, 0.1) is 18.2 Å².